The number of carboxylic acid groups (broad SMARTS) is 1. The Labute approximate surface area is 123 Å². The third-order valence-corrected chi connectivity index (χ3v) is 4.41. The molecule has 0 fully saturated rings. The van der Waals surface area contributed by atoms with Gasteiger partial charge in [-0.1, -0.05) is 0 Å². The number of hydrogen-bond donors (Lipinski definition) is 1. The molecule has 0 unspecified atom stereocenters. The second kappa shape index (κ2) is 6.99. The van der Waals surface area contributed by atoms with Gasteiger partial charge in [0, 0.05) is 12.5 Å². The van der Waals surface area contributed by atoms with E-state index in [0.29, 0.717) is 0 Å². The van der Waals surface area contributed by atoms with Crippen LogP contribution in [-0.2, 0) is 9.84 Å². The highest BCUT2D eigenvalue weighted by Gasteiger charge is 2.23. The zero-order chi connectivity index (χ0) is 16.0. The number of hydrogen-bond acceptors (Lipinski definition) is 5. The van der Waals surface area contributed by atoms with E-state index in [4.69, 9.17) is 14.6 Å². The van der Waals surface area contributed by atoms with Crippen molar-refractivity contribution in [3.05, 3.63) is 17.7 Å². The van der Waals surface area contributed by atoms with Crippen molar-refractivity contribution in [1.29, 1.82) is 0 Å². The van der Waals surface area contributed by atoms with Crippen molar-refractivity contribution < 1.29 is 27.8 Å². The minimum absolute atomic E-state index is 0.0164. The molecule has 0 spiro atoms. The Bertz CT molecular complexity index is 694. The maximum atomic E-state index is 12.2. The van der Waals surface area contributed by atoms with Crippen LogP contribution in [0.2, 0.25) is 0 Å². The maximum absolute atomic E-state index is 12.2. The first-order chi connectivity index (χ1) is 9.87. The normalized spacial score (nSPS) is 10.4. The van der Waals surface area contributed by atoms with Crippen molar-refractivity contribution in [2.75, 3.05) is 20.0 Å². The zero-order valence-electron chi connectivity index (χ0n) is 12.0. The zero-order valence-corrected chi connectivity index (χ0v) is 12.8. The highest BCUT2D eigenvalue weighted by Crippen LogP contribution is 2.34. The van der Waals surface area contributed by atoms with Gasteiger partial charge in [-0.25, -0.2) is 13.2 Å². The molecule has 6 nitrogen and oxygen atoms in total. The molecule has 0 aliphatic rings. The smallest absolute Gasteiger partial charge is 0.339 e. The molecule has 0 bridgehead atoms. The lowest BCUT2D eigenvalue weighted by molar-refractivity contribution is 0.0692. The lowest BCUT2D eigenvalue weighted by Crippen LogP contribution is -2.10. The molecule has 1 N–H and O–H groups in total. The third-order valence-electron chi connectivity index (χ3n) is 2.71. The fourth-order valence-electron chi connectivity index (χ4n) is 1.71. The Morgan fingerprint density at radius 1 is 1.29 bits per heavy atom. The molecule has 0 aliphatic heterocycles. The summed E-state index contributed by atoms with van der Waals surface area (Å²) in [5, 5.41) is 9.17. The number of ether oxygens (including phenoxy) is 2. The predicted molar refractivity (Wildman–Crippen MR) is 76.6 cm³/mol. The lowest BCUT2D eigenvalue weighted by Gasteiger charge is -2.13. The standard InChI is InChI=1S/C14H16O6S/c1-4-5-6-7-21(17,18)10-8-11(14(15)16)13(20-3)12(9-10)19-2/h8-9H,6-7H2,1-3H3,(H,15,16). The van der Waals surface area contributed by atoms with Crippen LogP contribution in [-0.4, -0.2) is 39.5 Å². The molecule has 114 valence electrons. The Hall–Kier alpha value is -2.20. The minimum Gasteiger partial charge on any atom is -0.493 e. The Kier molecular flexibility index (Phi) is 5.61. The van der Waals surface area contributed by atoms with Crippen LogP contribution in [0.3, 0.4) is 0 Å². The van der Waals surface area contributed by atoms with Crippen molar-refractivity contribution in [2.45, 2.75) is 18.2 Å². The molecule has 1 aromatic rings. The fraction of sp³-hybridized carbons (Fsp3) is 0.357. The van der Waals surface area contributed by atoms with Crippen LogP contribution >= 0.6 is 0 Å². The number of sulfone groups is 1. The Morgan fingerprint density at radius 2 is 1.95 bits per heavy atom. The maximum Gasteiger partial charge on any atom is 0.339 e. The summed E-state index contributed by atoms with van der Waals surface area (Å²) in [6, 6.07) is 2.32. The Balaban J connectivity index is 3.40. The highest BCUT2D eigenvalue weighted by molar-refractivity contribution is 7.91. The largest absolute Gasteiger partial charge is 0.493 e. The number of aromatic carboxylic acids is 1. The van der Waals surface area contributed by atoms with Crippen LogP contribution < -0.4 is 9.47 Å². The number of methoxy groups -OCH3 is 2. The molecule has 0 heterocycles. The summed E-state index contributed by atoms with van der Waals surface area (Å²) in [5.41, 5.74) is -0.267. The summed E-state index contributed by atoms with van der Waals surface area (Å²) in [6.45, 7) is 1.62. The minimum atomic E-state index is -3.65. The third kappa shape index (κ3) is 3.89. The van der Waals surface area contributed by atoms with E-state index in [2.05, 4.69) is 11.8 Å². The van der Waals surface area contributed by atoms with Crippen molar-refractivity contribution in [3.8, 4) is 23.3 Å². The first kappa shape index (κ1) is 16.9. The van der Waals surface area contributed by atoms with E-state index in [1.165, 1.54) is 20.3 Å². The average molecular weight is 312 g/mol. The van der Waals surface area contributed by atoms with Gasteiger partial charge in [0.1, 0.15) is 5.56 Å². The predicted octanol–water partition coefficient (Wildman–Crippen LogP) is 1.59. The van der Waals surface area contributed by atoms with Gasteiger partial charge < -0.3 is 14.6 Å². The number of rotatable bonds is 6. The molecule has 0 radical (unpaired) electrons. The molecule has 7 heteroatoms. The van der Waals surface area contributed by atoms with E-state index < -0.39 is 15.8 Å². The van der Waals surface area contributed by atoms with Crippen molar-refractivity contribution in [3.63, 3.8) is 0 Å². The fourth-order valence-corrected chi connectivity index (χ4v) is 2.90. The second-order valence-electron chi connectivity index (χ2n) is 4.01. The molecule has 0 saturated carbocycles. The summed E-state index contributed by atoms with van der Waals surface area (Å²) in [5.74, 6) is 3.82. The van der Waals surface area contributed by atoms with E-state index in [0.717, 1.165) is 6.07 Å². The van der Waals surface area contributed by atoms with Gasteiger partial charge in [-0.3, -0.25) is 0 Å². The van der Waals surface area contributed by atoms with Gasteiger partial charge in [-0.2, -0.15) is 0 Å². The van der Waals surface area contributed by atoms with E-state index in [-0.39, 0.29) is 34.1 Å². The van der Waals surface area contributed by atoms with E-state index in [9.17, 15) is 13.2 Å². The monoisotopic (exact) mass is 312 g/mol. The summed E-state index contributed by atoms with van der Waals surface area (Å²) < 4.78 is 34.4. The average Bonchev–Trinajstić information content (AvgIpc) is 2.45. The summed E-state index contributed by atoms with van der Waals surface area (Å²) >= 11 is 0. The first-order valence-corrected chi connectivity index (χ1v) is 7.64. The van der Waals surface area contributed by atoms with Gasteiger partial charge in [-0.15, -0.1) is 11.8 Å². The summed E-state index contributed by atoms with van der Waals surface area (Å²) in [4.78, 5) is 11.1. The van der Waals surface area contributed by atoms with Gasteiger partial charge in [0.05, 0.1) is 24.9 Å². The van der Waals surface area contributed by atoms with Crippen LogP contribution in [0.15, 0.2) is 17.0 Å². The topological polar surface area (TPSA) is 89.9 Å². The van der Waals surface area contributed by atoms with Gasteiger partial charge in [0.15, 0.2) is 21.3 Å². The molecular formula is C14H16O6S. The van der Waals surface area contributed by atoms with E-state index >= 15 is 0 Å². The van der Waals surface area contributed by atoms with Gasteiger partial charge >= 0.3 is 5.97 Å². The van der Waals surface area contributed by atoms with Crippen molar-refractivity contribution >= 4 is 15.8 Å². The molecule has 0 aromatic heterocycles. The van der Waals surface area contributed by atoms with Gasteiger partial charge in [0.25, 0.3) is 0 Å². The second-order valence-corrected chi connectivity index (χ2v) is 6.12. The first-order valence-electron chi connectivity index (χ1n) is 5.99. The molecule has 0 amide bonds. The highest BCUT2D eigenvalue weighted by atomic mass is 32.2. The quantitative estimate of drug-likeness (QED) is 0.802. The van der Waals surface area contributed by atoms with Gasteiger partial charge in [-0.05, 0) is 13.0 Å². The van der Waals surface area contributed by atoms with Crippen molar-refractivity contribution in [1.82, 2.24) is 0 Å². The Morgan fingerprint density at radius 3 is 2.43 bits per heavy atom. The lowest BCUT2D eigenvalue weighted by atomic mass is 10.2. The molecule has 1 aromatic carbocycles. The molecule has 0 saturated heterocycles. The number of carboxylic acids is 1. The molecule has 0 atom stereocenters. The number of benzene rings is 1. The van der Waals surface area contributed by atoms with E-state index in [1.807, 2.05) is 0 Å². The van der Waals surface area contributed by atoms with Crippen molar-refractivity contribution in [2.24, 2.45) is 0 Å². The van der Waals surface area contributed by atoms with Crippen LogP contribution in [0.1, 0.15) is 23.7 Å². The molecule has 21 heavy (non-hydrogen) atoms. The van der Waals surface area contributed by atoms with Crippen LogP contribution in [0.25, 0.3) is 0 Å². The van der Waals surface area contributed by atoms with E-state index in [1.54, 1.807) is 6.92 Å². The number of carbonyl (C=O) groups is 1. The SMILES string of the molecule is CC#CCCS(=O)(=O)c1cc(OC)c(OC)c(C(=O)O)c1. The van der Waals surface area contributed by atoms with Crippen LogP contribution in [0.5, 0.6) is 11.5 Å². The summed E-state index contributed by atoms with van der Waals surface area (Å²) in [7, 11) is -1.05. The molecule has 1 rings (SSSR count). The summed E-state index contributed by atoms with van der Waals surface area (Å²) in [6.07, 6.45) is 0.176. The van der Waals surface area contributed by atoms with Gasteiger partial charge in [0.2, 0.25) is 0 Å². The molecule has 0 aliphatic carbocycles. The van der Waals surface area contributed by atoms with Crippen LogP contribution in [0, 0.1) is 11.8 Å². The molecular weight excluding hydrogens is 296 g/mol. The van der Waals surface area contributed by atoms with Crippen LogP contribution in [0.4, 0.5) is 0 Å².